The minimum atomic E-state index is -2.37. The van der Waals surface area contributed by atoms with Crippen LogP contribution in [0, 0.1) is 0 Å². The number of rotatable bonds is 5. The molecule has 0 radical (unpaired) electrons. The molecule has 0 unspecified atom stereocenters. The molecule has 21 heavy (non-hydrogen) atoms. The van der Waals surface area contributed by atoms with Gasteiger partial charge in [0.15, 0.2) is 0 Å². The van der Waals surface area contributed by atoms with Crippen LogP contribution in [0.5, 0.6) is 0 Å². The van der Waals surface area contributed by atoms with E-state index in [0.29, 0.717) is 0 Å². The second-order valence-corrected chi connectivity index (χ2v) is 21.4. The summed E-state index contributed by atoms with van der Waals surface area (Å²) in [4.78, 5) is 12.1. The molecule has 0 fully saturated rings. The SMILES string of the molecule is C[CH2][Sn]([CH2]C)([CH2]C)[c]1ccccc1NC(=O)OC(C)(C)C. The first-order valence-electron chi connectivity index (χ1n) is 7.87. The first-order valence-corrected chi connectivity index (χ1v) is 15.4. The molecule has 1 rings (SSSR count). The van der Waals surface area contributed by atoms with Crippen molar-refractivity contribution in [3.05, 3.63) is 24.3 Å². The van der Waals surface area contributed by atoms with Crippen molar-refractivity contribution in [3.63, 3.8) is 0 Å². The molecule has 4 heteroatoms. The second-order valence-electron chi connectivity index (χ2n) is 6.51. The van der Waals surface area contributed by atoms with Crippen LogP contribution in [0.25, 0.3) is 0 Å². The van der Waals surface area contributed by atoms with Crippen molar-refractivity contribution in [2.75, 3.05) is 5.32 Å². The van der Waals surface area contributed by atoms with Gasteiger partial charge in [0.2, 0.25) is 0 Å². The summed E-state index contributed by atoms with van der Waals surface area (Å²) < 4.78 is 10.6. The summed E-state index contributed by atoms with van der Waals surface area (Å²) in [6.07, 6.45) is -0.363. The fourth-order valence-electron chi connectivity index (χ4n) is 2.79. The van der Waals surface area contributed by atoms with E-state index in [2.05, 4.69) is 38.2 Å². The van der Waals surface area contributed by atoms with E-state index >= 15 is 0 Å². The van der Waals surface area contributed by atoms with Crippen LogP contribution in [0.3, 0.4) is 0 Å². The molecule has 1 amide bonds. The molecule has 1 N–H and O–H groups in total. The summed E-state index contributed by atoms with van der Waals surface area (Å²) in [7, 11) is 0. The van der Waals surface area contributed by atoms with Crippen LogP contribution >= 0.6 is 0 Å². The Morgan fingerprint density at radius 2 is 1.62 bits per heavy atom. The number of amides is 1. The summed E-state index contributed by atoms with van der Waals surface area (Å²) in [5.74, 6) is 0. The normalized spacial score (nSPS) is 12.1. The predicted octanol–water partition coefficient (Wildman–Crippen LogP) is 4.75. The molecule has 0 spiro atoms. The number of benzene rings is 1. The van der Waals surface area contributed by atoms with E-state index in [-0.39, 0.29) is 6.09 Å². The van der Waals surface area contributed by atoms with Gasteiger partial charge in [-0.1, -0.05) is 0 Å². The predicted molar refractivity (Wildman–Crippen MR) is 93.1 cm³/mol. The molecule has 118 valence electrons. The molecule has 0 saturated heterocycles. The topological polar surface area (TPSA) is 38.3 Å². The molecule has 0 atom stereocenters. The molecular weight excluding hydrogens is 369 g/mol. The third-order valence-corrected chi connectivity index (χ3v) is 20.3. The number of carbonyl (C=O) groups excluding carboxylic acids is 1. The Bertz CT molecular complexity index is 468. The molecule has 1 aromatic rings. The fraction of sp³-hybridized carbons (Fsp3) is 0.588. The van der Waals surface area contributed by atoms with E-state index < -0.39 is 24.0 Å². The number of hydrogen-bond donors (Lipinski definition) is 1. The van der Waals surface area contributed by atoms with Crippen LogP contribution in [0.1, 0.15) is 41.5 Å². The van der Waals surface area contributed by atoms with Gasteiger partial charge in [-0.25, -0.2) is 0 Å². The molecule has 0 saturated carbocycles. The van der Waals surface area contributed by atoms with E-state index in [1.54, 1.807) is 0 Å². The van der Waals surface area contributed by atoms with Gasteiger partial charge in [0, 0.05) is 0 Å². The number of hydrogen-bond acceptors (Lipinski definition) is 2. The van der Waals surface area contributed by atoms with Crippen molar-refractivity contribution >= 4 is 33.7 Å². The van der Waals surface area contributed by atoms with Crippen LogP contribution in [0.4, 0.5) is 10.5 Å². The molecule has 1 aromatic carbocycles. The van der Waals surface area contributed by atoms with E-state index in [9.17, 15) is 4.79 Å². The fourth-order valence-corrected chi connectivity index (χ4v) is 13.7. The molecule has 0 aromatic heterocycles. The Balaban J connectivity index is 3.07. The van der Waals surface area contributed by atoms with Gasteiger partial charge in [0.1, 0.15) is 0 Å². The first kappa shape index (κ1) is 18.3. The summed E-state index contributed by atoms with van der Waals surface area (Å²) >= 11 is -2.37. The quantitative estimate of drug-likeness (QED) is 0.728. The van der Waals surface area contributed by atoms with Crippen LogP contribution in [-0.2, 0) is 4.74 Å². The molecule has 0 bridgehead atoms. The van der Waals surface area contributed by atoms with Crippen molar-refractivity contribution in [2.24, 2.45) is 0 Å². The van der Waals surface area contributed by atoms with Gasteiger partial charge >= 0.3 is 133 Å². The Labute approximate surface area is 133 Å². The number of ether oxygens (including phenoxy) is 1. The maximum atomic E-state index is 12.1. The third-order valence-electron chi connectivity index (χ3n) is 4.16. The van der Waals surface area contributed by atoms with Gasteiger partial charge in [0.25, 0.3) is 0 Å². The van der Waals surface area contributed by atoms with Gasteiger partial charge in [-0.3, -0.25) is 0 Å². The average molecular weight is 398 g/mol. The molecule has 3 nitrogen and oxygen atoms in total. The Hall–Kier alpha value is -0.711. The van der Waals surface area contributed by atoms with Gasteiger partial charge in [-0.05, 0) is 0 Å². The van der Waals surface area contributed by atoms with E-state index in [4.69, 9.17) is 4.74 Å². The maximum absolute atomic E-state index is 12.1. The van der Waals surface area contributed by atoms with Gasteiger partial charge in [0.05, 0.1) is 0 Å². The monoisotopic (exact) mass is 399 g/mol. The molecule has 0 aliphatic rings. The zero-order valence-electron chi connectivity index (χ0n) is 14.2. The summed E-state index contributed by atoms with van der Waals surface area (Å²) in [5, 5.41) is 2.97. The minimum absolute atomic E-state index is 0.363. The van der Waals surface area contributed by atoms with E-state index in [1.165, 1.54) is 16.9 Å². The standard InChI is InChI=1S/C11H14NO2.3C2H5.Sn/c1-11(2,3)14-10(13)12-9-7-5-4-6-8-9;3*1-2;/h4-7H,1-3H3,(H,12,13);3*1H2,2H3;. The molecular formula is C17H29NO2Sn. The van der Waals surface area contributed by atoms with E-state index in [1.807, 2.05) is 32.9 Å². The Morgan fingerprint density at radius 3 is 2.10 bits per heavy atom. The van der Waals surface area contributed by atoms with Crippen molar-refractivity contribution in [2.45, 2.75) is 60.5 Å². The van der Waals surface area contributed by atoms with Crippen molar-refractivity contribution in [3.8, 4) is 0 Å². The van der Waals surface area contributed by atoms with Crippen LogP contribution < -0.4 is 8.90 Å². The van der Waals surface area contributed by atoms with E-state index in [0.717, 1.165) is 5.69 Å². The van der Waals surface area contributed by atoms with Crippen LogP contribution in [0.15, 0.2) is 24.3 Å². The van der Waals surface area contributed by atoms with Gasteiger partial charge in [-0.2, -0.15) is 0 Å². The Morgan fingerprint density at radius 1 is 1.10 bits per heavy atom. The van der Waals surface area contributed by atoms with Gasteiger partial charge in [-0.15, -0.1) is 0 Å². The molecule has 0 aliphatic carbocycles. The summed E-state index contributed by atoms with van der Waals surface area (Å²) in [6.45, 7) is 12.5. The summed E-state index contributed by atoms with van der Waals surface area (Å²) in [6, 6.07) is 8.28. The first-order chi connectivity index (χ1) is 9.78. The average Bonchev–Trinajstić information content (AvgIpc) is 2.41. The Kier molecular flexibility index (Phi) is 6.57. The molecule has 0 aliphatic heterocycles. The third kappa shape index (κ3) is 4.90. The number of nitrogens with one attached hydrogen (secondary N) is 1. The van der Waals surface area contributed by atoms with Crippen LogP contribution in [-0.4, -0.2) is 30.1 Å². The van der Waals surface area contributed by atoms with Crippen molar-refractivity contribution < 1.29 is 9.53 Å². The van der Waals surface area contributed by atoms with Crippen molar-refractivity contribution in [1.82, 2.24) is 0 Å². The zero-order valence-corrected chi connectivity index (χ0v) is 17.1. The second kappa shape index (κ2) is 7.52. The van der Waals surface area contributed by atoms with Crippen LogP contribution in [0.2, 0.25) is 13.3 Å². The number of carbonyl (C=O) groups is 1. The zero-order chi connectivity index (χ0) is 16.1. The number of anilines is 1. The number of para-hydroxylation sites is 1. The molecule has 0 heterocycles. The van der Waals surface area contributed by atoms with Crippen molar-refractivity contribution in [1.29, 1.82) is 0 Å². The summed E-state index contributed by atoms with van der Waals surface area (Å²) in [5.41, 5.74) is 0.479. The van der Waals surface area contributed by atoms with Gasteiger partial charge < -0.3 is 0 Å².